The van der Waals surface area contributed by atoms with Gasteiger partial charge in [0.25, 0.3) is 0 Å². The number of aromatic nitrogens is 10. The molecule has 6 heterocycles. The highest BCUT2D eigenvalue weighted by Gasteiger charge is 2.29. The third-order valence-electron chi connectivity index (χ3n) is 12.2. The highest BCUT2D eigenvalue weighted by Crippen LogP contribution is 2.43. The molecule has 0 saturated carbocycles. The van der Waals surface area contributed by atoms with Crippen molar-refractivity contribution in [3.05, 3.63) is 159 Å². The summed E-state index contributed by atoms with van der Waals surface area (Å²) < 4.78 is 30.0. The van der Waals surface area contributed by atoms with Crippen molar-refractivity contribution in [2.45, 2.75) is 84.7 Å². The Kier molecular flexibility index (Phi) is 11.8. The molecule has 0 amide bonds. The first-order valence-corrected chi connectivity index (χ1v) is 21.5. The molecule has 12 nitrogen and oxygen atoms in total. The number of nitrogens with two attached hydrogens (primary N) is 1. The zero-order valence-electron chi connectivity index (χ0n) is 34.7. The number of aryl methyl sites for hydroxylation is 2. The number of anilines is 1. The van der Waals surface area contributed by atoms with E-state index < -0.39 is 11.6 Å². The molecule has 0 saturated heterocycles. The van der Waals surface area contributed by atoms with Crippen LogP contribution in [0.1, 0.15) is 79.3 Å². The van der Waals surface area contributed by atoms with E-state index in [0.29, 0.717) is 46.1 Å². The van der Waals surface area contributed by atoms with Gasteiger partial charge in [-0.25, -0.2) is 18.7 Å². The maximum atomic E-state index is 13.7. The molecule has 64 heavy (non-hydrogen) atoms. The summed E-state index contributed by atoms with van der Waals surface area (Å²) in [6, 6.07) is 20.8. The minimum absolute atomic E-state index is 0. The van der Waals surface area contributed by atoms with E-state index in [2.05, 4.69) is 89.0 Å². The predicted molar refractivity (Wildman–Crippen MR) is 246 cm³/mol. The largest absolute Gasteiger partial charge is 0.351 e. The van der Waals surface area contributed by atoms with Gasteiger partial charge in [0, 0.05) is 46.7 Å². The topological polar surface area (TPSA) is 150 Å². The van der Waals surface area contributed by atoms with Gasteiger partial charge in [0.1, 0.15) is 11.6 Å². The van der Waals surface area contributed by atoms with Gasteiger partial charge in [0.15, 0.2) is 22.9 Å². The SMILES string of the molecule is C.Cc1cnn2c(Cl)nc(-c3cncc(F)c3)nc12.Cc1cnn2c(N[C@@H]3CCC4=C(C3)c3ccccc3C4)nc(-c3cncc(F)c3)nc12.N[C@@H]1CCC2=C(C1)c1ccccc1C2. The number of pyridine rings is 2. The standard InChI is InChI=1S/C24H21FN6.C13H15N.C11H7ClFN5.CH4/c1-14-11-27-31-23(14)29-22(17-9-18(25)13-26-12-17)30-24(31)28-19-7-6-16-8-15-4-2-3-5-20(15)21(16)10-19;14-11-6-5-10-7-9-3-1-2-4-12(9)13(10)8-11;1-6-3-15-18-10(6)16-9(17-11(18)12)7-2-8(13)5-14-4-7;/h2-5,9,11-13,19H,6-8,10H2,1H3,(H,28,29,30);1-4,11H,5-8,14H2;2-5H,1H3;1H4/t19-;11-;;/m11../s1. The fraction of sp³-hybridized carbons (Fsp3) is 0.265. The highest BCUT2D eigenvalue weighted by molar-refractivity contribution is 6.28. The molecule has 4 aliphatic rings. The number of hydrogen-bond acceptors (Lipinski definition) is 10. The van der Waals surface area contributed by atoms with Crippen molar-refractivity contribution in [2.75, 3.05) is 5.32 Å². The van der Waals surface area contributed by atoms with Crippen LogP contribution in [0.25, 0.3) is 45.2 Å². The van der Waals surface area contributed by atoms with Crippen molar-refractivity contribution in [2.24, 2.45) is 5.73 Å². The fourth-order valence-electron chi connectivity index (χ4n) is 9.07. The molecule has 324 valence electrons. The first-order chi connectivity index (χ1) is 30.6. The van der Waals surface area contributed by atoms with Gasteiger partial charge in [-0.1, -0.05) is 67.1 Å². The molecule has 8 aromatic rings. The van der Waals surface area contributed by atoms with Crippen LogP contribution in [-0.4, -0.2) is 61.2 Å². The molecular formula is C49H47ClF2N12. The summed E-state index contributed by atoms with van der Waals surface area (Å²) in [6.45, 7) is 3.82. The quantitative estimate of drug-likeness (QED) is 0.175. The van der Waals surface area contributed by atoms with Crippen LogP contribution >= 0.6 is 11.6 Å². The van der Waals surface area contributed by atoms with Crippen LogP contribution < -0.4 is 11.1 Å². The highest BCUT2D eigenvalue weighted by atomic mass is 35.5. The van der Waals surface area contributed by atoms with Crippen molar-refractivity contribution in [3.63, 3.8) is 0 Å². The predicted octanol–water partition coefficient (Wildman–Crippen LogP) is 10.0. The zero-order chi connectivity index (χ0) is 43.2. The number of hydrogen-bond donors (Lipinski definition) is 2. The van der Waals surface area contributed by atoms with E-state index in [1.54, 1.807) is 39.8 Å². The van der Waals surface area contributed by atoms with Crippen LogP contribution in [0.15, 0.2) is 109 Å². The van der Waals surface area contributed by atoms with Crippen LogP contribution in [0.4, 0.5) is 14.7 Å². The van der Waals surface area contributed by atoms with Crippen LogP contribution in [0.3, 0.4) is 0 Å². The Labute approximate surface area is 374 Å². The molecule has 0 bridgehead atoms. The van der Waals surface area contributed by atoms with Gasteiger partial charge in [-0.2, -0.15) is 29.2 Å². The van der Waals surface area contributed by atoms with Gasteiger partial charge in [-0.05, 0) is 122 Å². The molecule has 0 unspecified atom stereocenters. The Bertz CT molecular complexity index is 3120. The minimum atomic E-state index is -0.447. The number of benzene rings is 2. The van der Waals surface area contributed by atoms with Crippen molar-refractivity contribution < 1.29 is 8.78 Å². The Balaban J connectivity index is 0.000000133. The molecule has 12 rings (SSSR count). The van der Waals surface area contributed by atoms with Crippen molar-refractivity contribution in [1.82, 2.24) is 49.1 Å². The van der Waals surface area contributed by atoms with Crippen LogP contribution in [0, 0.1) is 25.5 Å². The third-order valence-corrected chi connectivity index (χ3v) is 12.4. The first kappa shape index (κ1) is 42.5. The molecule has 0 fully saturated rings. The Morgan fingerprint density at radius 2 is 1.19 bits per heavy atom. The number of nitrogens with one attached hydrogen (secondary N) is 1. The van der Waals surface area contributed by atoms with E-state index in [1.165, 1.54) is 76.1 Å². The first-order valence-electron chi connectivity index (χ1n) is 21.1. The van der Waals surface area contributed by atoms with Crippen LogP contribution in [-0.2, 0) is 12.8 Å². The van der Waals surface area contributed by atoms with Gasteiger partial charge >= 0.3 is 0 Å². The second kappa shape index (κ2) is 17.8. The zero-order valence-corrected chi connectivity index (χ0v) is 35.5. The minimum Gasteiger partial charge on any atom is -0.351 e. The van der Waals surface area contributed by atoms with Crippen LogP contribution in [0.2, 0.25) is 5.28 Å². The number of halogens is 3. The van der Waals surface area contributed by atoms with Crippen molar-refractivity contribution in [3.8, 4) is 22.8 Å². The molecule has 6 aromatic heterocycles. The summed E-state index contributed by atoms with van der Waals surface area (Å²) in [7, 11) is 0. The molecule has 15 heteroatoms. The third kappa shape index (κ3) is 8.38. The van der Waals surface area contributed by atoms with Crippen molar-refractivity contribution >= 4 is 40.0 Å². The lowest BCUT2D eigenvalue weighted by molar-refractivity contribution is 0.600. The molecule has 4 aliphatic carbocycles. The Morgan fingerprint density at radius 1 is 0.656 bits per heavy atom. The van der Waals surface area contributed by atoms with Gasteiger partial charge in [0.05, 0.1) is 24.8 Å². The maximum absolute atomic E-state index is 13.7. The molecule has 3 N–H and O–H groups in total. The molecular weight excluding hydrogens is 830 g/mol. The molecule has 2 aromatic carbocycles. The lowest BCUT2D eigenvalue weighted by Gasteiger charge is -2.26. The van der Waals surface area contributed by atoms with E-state index in [-0.39, 0.29) is 18.8 Å². The number of rotatable bonds is 4. The molecule has 0 aliphatic heterocycles. The van der Waals surface area contributed by atoms with Gasteiger partial charge in [-0.15, -0.1) is 0 Å². The smallest absolute Gasteiger partial charge is 0.228 e. The normalized spacial score (nSPS) is 17.1. The molecule has 2 atom stereocenters. The van der Waals surface area contributed by atoms with E-state index >= 15 is 0 Å². The van der Waals surface area contributed by atoms with E-state index in [0.717, 1.165) is 49.4 Å². The van der Waals surface area contributed by atoms with Gasteiger partial charge in [-0.3, -0.25) is 9.97 Å². The average Bonchev–Trinajstić information content (AvgIpc) is 4.07. The molecule has 0 spiro atoms. The van der Waals surface area contributed by atoms with Crippen LogP contribution in [0.5, 0.6) is 0 Å². The summed E-state index contributed by atoms with van der Waals surface area (Å²) in [6.07, 6.45) is 17.6. The summed E-state index contributed by atoms with van der Waals surface area (Å²) in [5, 5.41) is 12.3. The summed E-state index contributed by atoms with van der Waals surface area (Å²) in [5.41, 5.74) is 22.2. The summed E-state index contributed by atoms with van der Waals surface area (Å²) in [4.78, 5) is 25.4. The second-order valence-electron chi connectivity index (χ2n) is 16.5. The van der Waals surface area contributed by atoms with E-state index in [9.17, 15) is 8.78 Å². The number of fused-ring (bicyclic) bond motifs is 6. The Hall–Kier alpha value is -6.77. The summed E-state index contributed by atoms with van der Waals surface area (Å²) >= 11 is 6.00. The monoisotopic (exact) mass is 876 g/mol. The average molecular weight is 877 g/mol. The van der Waals surface area contributed by atoms with Crippen molar-refractivity contribution in [1.29, 1.82) is 0 Å². The fourth-order valence-corrected chi connectivity index (χ4v) is 9.27. The number of allylic oxidation sites excluding steroid dienone is 2. The molecule has 0 radical (unpaired) electrons. The second-order valence-corrected chi connectivity index (χ2v) is 16.9. The lowest BCUT2D eigenvalue weighted by atomic mass is 9.88. The number of nitrogens with zero attached hydrogens (tertiary/aromatic N) is 10. The van der Waals surface area contributed by atoms with Gasteiger partial charge < -0.3 is 11.1 Å². The lowest BCUT2D eigenvalue weighted by Crippen LogP contribution is -2.25. The summed E-state index contributed by atoms with van der Waals surface area (Å²) in [5.74, 6) is 0.526. The maximum Gasteiger partial charge on any atom is 0.228 e. The van der Waals surface area contributed by atoms with E-state index in [1.807, 2.05) is 13.8 Å². The van der Waals surface area contributed by atoms with E-state index in [4.69, 9.17) is 22.3 Å². The Morgan fingerprint density at radius 3 is 1.80 bits per heavy atom. The van der Waals surface area contributed by atoms with Gasteiger partial charge in [0.2, 0.25) is 11.2 Å².